The molecule has 7 heteroatoms. The van der Waals surface area contributed by atoms with Gasteiger partial charge in [-0.2, -0.15) is 0 Å². The van der Waals surface area contributed by atoms with E-state index >= 15 is 0 Å². The normalized spacial score (nSPS) is 13.4. The molecular weight excluding hydrogens is 374 g/mol. The molecule has 0 spiro atoms. The van der Waals surface area contributed by atoms with Crippen LogP contribution in [0.1, 0.15) is 28.8 Å². The Morgan fingerprint density at radius 1 is 1.21 bits per heavy atom. The Morgan fingerprint density at radius 3 is 2.62 bits per heavy atom. The lowest BCUT2D eigenvalue weighted by Crippen LogP contribution is -2.14. The molecule has 2 aromatic carbocycles. The molecule has 0 bridgehead atoms. The lowest BCUT2D eigenvalue weighted by atomic mass is 10.1. The molecule has 0 unspecified atom stereocenters. The minimum Gasteiger partial charge on any atom is -0.377 e. The molecule has 1 aliphatic carbocycles. The van der Waals surface area contributed by atoms with Crippen molar-refractivity contribution in [3.63, 3.8) is 0 Å². The van der Waals surface area contributed by atoms with Gasteiger partial charge in [0.2, 0.25) is 0 Å². The largest absolute Gasteiger partial charge is 0.377 e. The molecule has 0 aromatic heterocycles. The van der Waals surface area contributed by atoms with Crippen LogP contribution in [0, 0.1) is 17.0 Å². The molecule has 3 rings (SSSR count). The van der Waals surface area contributed by atoms with Crippen LogP contribution < -0.4 is 10.6 Å². The van der Waals surface area contributed by atoms with Gasteiger partial charge in [0, 0.05) is 27.8 Å². The summed E-state index contributed by atoms with van der Waals surface area (Å²) >= 11 is 3.36. The van der Waals surface area contributed by atoms with Crippen molar-refractivity contribution in [1.29, 1.82) is 0 Å². The third-order valence-corrected chi connectivity index (χ3v) is 4.33. The van der Waals surface area contributed by atoms with Crippen molar-refractivity contribution in [2.45, 2.75) is 25.8 Å². The topological polar surface area (TPSA) is 84.3 Å². The standard InChI is InChI=1S/C17H16BrN3O3/c1-10-2-4-12(18)9-15(10)20-17(22)11-3-7-14(19-13-5-6-13)16(8-11)21(23)24/h2-4,7-9,13,19H,5-6H2,1H3,(H,20,22). The number of anilines is 2. The highest BCUT2D eigenvalue weighted by molar-refractivity contribution is 9.10. The number of nitrogens with zero attached hydrogens (tertiary/aromatic N) is 1. The average molecular weight is 390 g/mol. The number of hydrogen-bond donors (Lipinski definition) is 2. The van der Waals surface area contributed by atoms with Gasteiger partial charge in [0.15, 0.2) is 0 Å². The molecule has 1 aliphatic rings. The first-order chi connectivity index (χ1) is 11.4. The first-order valence-electron chi connectivity index (χ1n) is 7.56. The molecule has 1 saturated carbocycles. The van der Waals surface area contributed by atoms with Gasteiger partial charge in [0.05, 0.1) is 4.92 Å². The number of halogens is 1. The van der Waals surface area contributed by atoms with Crippen molar-refractivity contribution >= 4 is 38.9 Å². The van der Waals surface area contributed by atoms with Crippen LogP contribution >= 0.6 is 15.9 Å². The van der Waals surface area contributed by atoms with E-state index in [2.05, 4.69) is 26.6 Å². The van der Waals surface area contributed by atoms with Gasteiger partial charge in [-0.15, -0.1) is 0 Å². The zero-order chi connectivity index (χ0) is 17.3. The molecule has 1 fully saturated rings. The van der Waals surface area contributed by atoms with Crippen molar-refractivity contribution in [1.82, 2.24) is 0 Å². The van der Waals surface area contributed by atoms with Crippen LogP contribution in [-0.4, -0.2) is 16.9 Å². The lowest BCUT2D eigenvalue weighted by molar-refractivity contribution is -0.384. The Kier molecular flexibility index (Phi) is 4.53. The van der Waals surface area contributed by atoms with Crippen molar-refractivity contribution in [3.05, 3.63) is 62.1 Å². The third kappa shape index (κ3) is 3.73. The molecule has 2 aromatic rings. The SMILES string of the molecule is Cc1ccc(Br)cc1NC(=O)c1ccc(NC2CC2)c([N+](=O)[O-])c1. The second-order valence-electron chi connectivity index (χ2n) is 5.82. The van der Waals surface area contributed by atoms with E-state index in [0.717, 1.165) is 22.9 Å². The average Bonchev–Trinajstić information content (AvgIpc) is 3.35. The number of nitrogens with one attached hydrogen (secondary N) is 2. The molecular formula is C17H16BrN3O3. The Balaban J connectivity index is 1.85. The second-order valence-corrected chi connectivity index (χ2v) is 6.74. The number of aryl methyl sites for hydroxylation is 1. The molecule has 0 aliphatic heterocycles. The van der Waals surface area contributed by atoms with Gasteiger partial charge in [0.1, 0.15) is 5.69 Å². The first-order valence-corrected chi connectivity index (χ1v) is 8.36. The number of nitro groups is 1. The zero-order valence-electron chi connectivity index (χ0n) is 13.0. The highest BCUT2D eigenvalue weighted by Crippen LogP contribution is 2.32. The smallest absolute Gasteiger partial charge is 0.293 e. The molecule has 6 nitrogen and oxygen atoms in total. The van der Waals surface area contributed by atoms with E-state index in [1.807, 2.05) is 19.1 Å². The number of hydrogen-bond acceptors (Lipinski definition) is 4. The Morgan fingerprint density at radius 2 is 1.96 bits per heavy atom. The lowest BCUT2D eigenvalue weighted by Gasteiger charge is -2.10. The molecule has 0 heterocycles. The fourth-order valence-electron chi connectivity index (χ4n) is 2.32. The van der Waals surface area contributed by atoms with Crippen LogP contribution in [0.25, 0.3) is 0 Å². The predicted molar refractivity (Wildman–Crippen MR) is 96.6 cm³/mol. The molecule has 0 radical (unpaired) electrons. The molecule has 2 N–H and O–H groups in total. The van der Waals surface area contributed by atoms with E-state index < -0.39 is 4.92 Å². The number of rotatable bonds is 5. The van der Waals surface area contributed by atoms with Gasteiger partial charge in [-0.25, -0.2) is 0 Å². The number of amides is 1. The zero-order valence-corrected chi connectivity index (χ0v) is 14.6. The van der Waals surface area contributed by atoms with E-state index in [1.54, 1.807) is 18.2 Å². The van der Waals surface area contributed by atoms with Crippen LogP contribution in [0.5, 0.6) is 0 Å². The Hall–Kier alpha value is -2.41. The third-order valence-electron chi connectivity index (χ3n) is 3.84. The summed E-state index contributed by atoms with van der Waals surface area (Å²) in [5.41, 5.74) is 2.20. The highest BCUT2D eigenvalue weighted by Gasteiger charge is 2.25. The Labute approximate surface area is 147 Å². The maximum absolute atomic E-state index is 12.4. The summed E-state index contributed by atoms with van der Waals surface area (Å²) in [7, 11) is 0. The summed E-state index contributed by atoms with van der Waals surface area (Å²) in [4.78, 5) is 23.2. The summed E-state index contributed by atoms with van der Waals surface area (Å²) < 4.78 is 0.846. The molecule has 0 saturated heterocycles. The summed E-state index contributed by atoms with van der Waals surface area (Å²) in [5, 5.41) is 17.2. The van der Waals surface area contributed by atoms with Crippen LogP contribution in [-0.2, 0) is 0 Å². The number of carbonyl (C=O) groups is 1. The summed E-state index contributed by atoms with van der Waals surface area (Å²) in [6, 6.07) is 10.4. The van der Waals surface area contributed by atoms with Gasteiger partial charge in [-0.3, -0.25) is 14.9 Å². The van der Waals surface area contributed by atoms with E-state index in [0.29, 0.717) is 17.4 Å². The van der Waals surface area contributed by atoms with Crippen molar-refractivity contribution in [2.75, 3.05) is 10.6 Å². The summed E-state index contributed by atoms with van der Waals surface area (Å²) in [5.74, 6) is -0.378. The van der Waals surface area contributed by atoms with E-state index in [9.17, 15) is 14.9 Å². The quantitative estimate of drug-likeness (QED) is 0.582. The number of nitro benzene ring substituents is 1. The molecule has 0 atom stereocenters. The van der Waals surface area contributed by atoms with Crippen molar-refractivity contribution in [3.8, 4) is 0 Å². The van der Waals surface area contributed by atoms with Crippen molar-refractivity contribution in [2.24, 2.45) is 0 Å². The Bertz CT molecular complexity index is 819. The summed E-state index contributed by atoms with van der Waals surface area (Å²) in [6.07, 6.45) is 2.03. The molecule has 1 amide bonds. The maximum atomic E-state index is 12.4. The molecule has 24 heavy (non-hydrogen) atoms. The van der Waals surface area contributed by atoms with Gasteiger partial charge < -0.3 is 10.6 Å². The van der Waals surface area contributed by atoms with E-state index in [4.69, 9.17) is 0 Å². The van der Waals surface area contributed by atoms with Crippen molar-refractivity contribution < 1.29 is 9.72 Å². The molecule has 124 valence electrons. The van der Waals surface area contributed by atoms with Gasteiger partial charge in [0.25, 0.3) is 11.6 Å². The predicted octanol–water partition coefficient (Wildman–Crippen LogP) is 4.49. The summed E-state index contributed by atoms with van der Waals surface area (Å²) in [6.45, 7) is 1.88. The van der Waals surface area contributed by atoms with Crippen LogP contribution in [0.15, 0.2) is 40.9 Å². The number of benzene rings is 2. The fourth-order valence-corrected chi connectivity index (χ4v) is 2.68. The van der Waals surface area contributed by atoms with Crippen LogP contribution in [0.2, 0.25) is 0 Å². The fraction of sp³-hybridized carbons (Fsp3) is 0.235. The maximum Gasteiger partial charge on any atom is 0.293 e. The van der Waals surface area contributed by atoms with Gasteiger partial charge in [-0.05, 0) is 49.6 Å². The van der Waals surface area contributed by atoms with E-state index in [1.165, 1.54) is 6.07 Å². The van der Waals surface area contributed by atoms with Crippen LogP contribution in [0.4, 0.5) is 17.1 Å². The van der Waals surface area contributed by atoms with E-state index in [-0.39, 0.29) is 17.2 Å². The van der Waals surface area contributed by atoms with Gasteiger partial charge >= 0.3 is 0 Å². The highest BCUT2D eigenvalue weighted by atomic mass is 79.9. The first kappa shape index (κ1) is 16.4. The monoisotopic (exact) mass is 389 g/mol. The second kappa shape index (κ2) is 6.60. The minimum atomic E-state index is -0.466. The van der Waals surface area contributed by atoms with Crippen LogP contribution in [0.3, 0.4) is 0 Å². The minimum absolute atomic E-state index is 0.0829. The number of carbonyl (C=O) groups excluding carboxylic acids is 1. The van der Waals surface area contributed by atoms with Gasteiger partial charge in [-0.1, -0.05) is 22.0 Å².